The second-order valence-corrected chi connectivity index (χ2v) is 6.53. The Labute approximate surface area is 180 Å². The summed E-state index contributed by atoms with van der Waals surface area (Å²) in [6.45, 7) is -0.101. The third-order valence-corrected chi connectivity index (χ3v) is 4.27. The van der Waals surface area contributed by atoms with Crippen LogP contribution in [0.2, 0.25) is 0 Å². The highest BCUT2D eigenvalue weighted by Crippen LogP contribution is 2.16. The van der Waals surface area contributed by atoms with E-state index in [9.17, 15) is 9.59 Å². The number of anilines is 1. The van der Waals surface area contributed by atoms with E-state index >= 15 is 0 Å². The van der Waals surface area contributed by atoms with Crippen LogP contribution in [0.4, 0.5) is 5.69 Å². The molecule has 3 aromatic rings. The normalized spacial score (nSPS) is 11.6. The van der Waals surface area contributed by atoms with E-state index in [4.69, 9.17) is 9.47 Å². The lowest BCUT2D eigenvalue weighted by Crippen LogP contribution is -2.26. The minimum atomic E-state index is -0.740. The van der Waals surface area contributed by atoms with Crippen LogP contribution in [0.15, 0.2) is 90.0 Å². The Balaban J connectivity index is 1.47. The molecule has 0 aliphatic carbocycles. The Morgan fingerprint density at radius 3 is 2.23 bits per heavy atom. The maximum absolute atomic E-state index is 12.3. The van der Waals surface area contributed by atoms with E-state index in [0.29, 0.717) is 11.4 Å². The number of carbonyl (C=O) groups is 2. The predicted octanol–water partition coefficient (Wildman–Crippen LogP) is 3.54. The maximum Gasteiger partial charge on any atom is 0.273 e. The molecule has 31 heavy (non-hydrogen) atoms. The SMILES string of the molecule is CO[C@H](C(=O)N/N=C\c1ccc(OCC(=O)Nc2ccccc2)cc1)c1ccccc1. The van der Waals surface area contributed by atoms with Crippen LogP contribution in [0.1, 0.15) is 17.2 Å². The Bertz CT molecular complexity index is 1010. The molecule has 0 aromatic heterocycles. The van der Waals surface area contributed by atoms with Crippen molar-refractivity contribution in [2.75, 3.05) is 19.0 Å². The molecule has 0 saturated carbocycles. The molecule has 0 spiro atoms. The third kappa shape index (κ3) is 6.80. The highest BCUT2D eigenvalue weighted by molar-refractivity contribution is 5.91. The monoisotopic (exact) mass is 417 g/mol. The van der Waals surface area contributed by atoms with Crippen molar-refractivity contribution in [3.63, 3.8) is 0 Å². The average Bonchev–Trinajstić information content (AvgIpc) is 2.80. The summed E-state index contributed by atoms with van der Waals surface area (Å²) in [5, 5.41) is 6.73. The highest BCUT2D eigenvalue weighted by Gasteiger charge is 2.19. The molecular formula is C24H23N3O4. The molecule has 0 fully saturated rings. The second kappa shape index (κ2) is 11.3. The first kappa shape index (κ1) is 21.7. The van der Waals surface area contributed by atoms with E-state index in [1.807, 2.05) is 48.5 Å². The van der Waals surface area contributed by atoms with Crippen LogP contribution in [0.3, 0.4) is 0 Å². The molecule has 7 nitrogen and oxygen atoms in total. The van der Waals surface area contributed by atoms with Crippen LogP contribution in [0, 0.1) is 0 Å². The van der Waals surface area contributed by atoms with Gasteiger partial charge in [0, 0.05) is 12.8 Å². The fourth-order valence-electron chi connectivity index (χ4n) is 2.77. The van der Waals surface area contributed by atoms with Crippen molar-refractivity contribution in [3.8, 4) is 5.75 Å². The van der Waals surface area contributed by atoms with Crippen molar-refractivity contribution in [1.29, 1.82) is 0 Å². The van der Waals surface area contributed by atoms with Gasteiger partial charge in [0.2, 0.25) is 0 Å². The molecule has 0 radical (unpaired) electrons. The molecule has 7 heteroatoms. The molecule has 158 valence electrons. The number of carbonyl (C=O) groups excluding carboxylic acids is 2. The molecule has 0 aliphatic heterocycles. The molecule has 0 aliphatic rings. The lowest BCUT2D eigenvalue weighted by molar-refractivity contribution is -0.131. The first-order valence-electron chi connectivity index (χ1n) is 9.64. The number of nitrogens with zero attached hydrogens (tertiary/aromatic N) is 1. The van der Waals surface area contributed by atoms with Gasteiger partial charge < -0.3 is 14.8 Å². The number of methoxy groups -OCH3 is 1. The number of hydrogen-bond donors (Lipinski definition) is 2. The van der Waals surface area contributed by atoms with Crippen LogP contribution in [0.25, 0.3) is 0 Å². The van der Waals surface area contributed by atoms with Gasteiger partial charge in [-0.2, -0.15) is 5.10 Å². The van der Waals surface area contributed by atoms with Crippen molar-refractivity contribution in [2.45, 2.75) is 6.10 Å². The number of nitrogens with one attached hydrogen (secondary N) is 2. The molecule has 0 heterocycles. The summed E-state index contributed by atoms with van der Waals surface area (Å²) in [4.78, 5) is 24.2. The van der Waals surface area contributed by atoms with Gasteiger partial charge in [-0.25, -0.2) is 5.43 Å². The molecule has 3 rings (SSSR count). The molecule has 1 atom stereocenters. The van der Waals surface area contributed by atoms with Gasteiger partial charge in [-0.05, 0) is 47.5 Å². The number of ether oxygens (including phenoxy) is 2. The topological polar surface area (TPSA) is 89.0 Å². The van der Waals surface area contributed by atoms with E-state index in [-0.39, 0.29) is 18.4 Å². The number of para-hydroxylation sites is 1. The highest BCUT2D eigenvalue weighted by atomic mass is 16.5. The van der Waals surface area contributed by atoms with Crippen molar-refractivity contribution >= 4 is 23.7 Å². The van der Waals surface area contributed by atoms with Gasteiger partial charge in [0.05, 0.1) is 6.21 Å². The van der Waals surface area contributed by atoms with E-state index in [2.05, 4.69) is 15.8 Å². The summed E-state index contributed by atoms with van der Waals surface area (Å²) in [6, 6.07) is 25.3. The van der Waals surface area contributed by atoms with Gasteiger partial charge in [0.1, 0.15) is 5.75 Å². The zero-order valence-electron chi connectivity index (χ0n) is 17.0. The summed E-state index contributed by atoms with van der Waals surface area (Å²) in [5.74, 6) is -0.0621. The Morgan fingerprint density at radius 1 is 0.935 bits per heavy atom. The van der Waals surface area contributed by atoms with Crippen LogP contribution in [-0.4, -0.2) is 31.7 Å². The minimum absolute atomic E-state index is 0.101. The van der Waals surface area contributed by atoms with E-state index in [1.165, 1.54) is 13.3 Å². The molecule has 2 N–H and O–H groups in total. The first-order valence-corrected chi connectivity index (χ1v) is 9.64. The van der Waals surface area contributed by atoms with Gasteiger partial charge >= 0.3 is 0 Å². The quantitative estimate of drug-likeness (QED) is 0.412. The summed E-state index contributed by atoms with van der Waals surface area (Å²) in [7, 11) is 1.47. The van der Waals surface area contributed by atoms with Gasteiger partial charge in [0.15, 0.2) is 12.7 Å². The zero-order chi connectivity index (χ0) is 21.9. The standard InChI is InChI=1S/C24H23N3O4/c1-30-23(19-8-4-2-5-9-19)24(29)27-25-16-18-12-14-21(15-13-18)31-17-22(28)26-20-10-6-3-7-11-20/h2-16,23H,17H2,1H3,(H,26,28)(H,27,29)/b25-16-/t23-/m0/s1. The van der Waals surface area contributed by atoms with Crippen LogP contribution >= 0.6 is 0 Å². The zero-order valence-corrected chi connectivity index (χ0v) is 17.0. The minimum Gasteiger partial charge on any atom is -0.484 e. The van der Waals surface area contributed by atoms with Crippen LogP contribution < -0.4 is 15.5 Å². The van der Waals surface area contributed by atoms with Gasteiger partial charge in [0.25, 0.3) is 11.8 Å². The average molecular weight is 417 g/mol. The molecule has 0 unspecified atom stereocenters. The number of amides is 2. The third-order valence-electron chi connectivity index (χ3n) is 4.27. The van der Waals surface area contributed by atoms with Gasteiger partial charge in [-0.15, -0.1) is 0 Å². The van der Waals surface area contributed by atoms with E-state index in [1.54, 1.807) is 36.4 Å². The van der Waals surface area contributed by atoms with Gasteiger partial charge in [-0.1, -0.05) is 48.5 Å². The van der Waals surface area contributed by atoms with Crippen molar-refractivity contribution in [1.82, 2.24) is 5.43 Å². The summed E-state index contributed by atoms with van der Waals surface area (Å²) in [5.41, 5.74) is 4.70. The summed E-state index contributed by atoms with van der Waals surface area (Å²) in [6.07, 6.45) is 0.776. The largest absolute Gasteiger partial charge is 0.484 e. The molecular weight excluding hydrogens is 394 g/mol. The second-order valence-electron chi connectivity index (χ2n) is 6.53. The lowest BCUT2D eigenvalue weighted by Gasteiger charge is -2.13. The summed E-state index contributed by atoms with van der Waals surface area (Å²) < 4.78 is 10.8. The summed E-state index contributed by atoms with van der Waals surface area (Å²) >= 11 is 0. The number of hydrogen-bond acceptors (Lipinski definition) is 5. The van der Waals surface area contributed by atoms with E-state index < -0.39 is 6.10 Å². The lowest BCUT2D eigenvalue weighted by atomic mass is 10.1. The van der Waals surface area contributed by atoms with Crippen molar-refractivity contribution in [3.05, 3.63) is 96.1 Å². The van der Waals surface area contributed by atoms with Crippen LogP contribution in [-0.2, 0) is 14.3 Å². The maximum atomic E-state index is 12.3. The first-order chi connectivity index (χ1) is 15.2. The smallest absolute Gasteiger partial charge is 0.273 e. The number of rotatable bonds is 9. The molecule has 0 bridgehead atoms. The predicted molar refractivity (Wildman–Crippen MR) is 119 cm³/mol. The number of hydrazone groups is 1. The van der Waals surface area contributed by atoms with Gasteiger partial charge in [-0.3, -0.25) is 9.59 Å². The van der Waals surface area contributed by atoms with Crippen LogP contribution in [0.5, 0.6) is 5.75 Å². The fraction of sp³-hybridized carbons (Fsp3) is 0.125. The Morgan fingerprint density at radius 2 is 1.58 bits per heavy atom. The van der Waals surface area contributed by atoms with Crippen molar-refractivity contribution in [2.24, 2.45) is 5.10 Å². The molecule has 2 amide bonds. The number of benzene rings is 3. The Kier molecular flexibility index (Phi) is 7.90. The molecule has 0 saturated heterocycles. The molecule has 3 aromatic carbocycles. The van der Waals surface area contributed by atoms with Crippen molar-refractivity contribution < 1.29 is 19.1 Å². The fourth-order valence-corrected chi connectivity index (χ4v) is 2.77. The Hall–Kier alpha value is -3.97. The van der Waals surface area contributed by atoms with E-state index in [0.717, 1.165) is 11.1 Å².